The molecular formula is C15H27N3O2S. The average molecular weight is 313 g/mol. The first-order valence-electron chi connectivity index (χ1n) is 7.61. The van der Waals surface area contributed by atoms with E-state index in [4.69, 9.17) is 0 Å². The first-order valence-corrected chi connectivity index (χ1v) is 9.05. The first kappa shape index (κ1) is 18.1. The van der Waals surface area contributed by atoms with Crippen molar-refractivity contribution in [3.63, 3.8) is 0 Å². The van der Waals surface area contributed by atoms with Crippen LogP contribution < -0.4 is 5.32 Å². The predicted octanol–water partition coefficient (Wildman–Crippen LogP) is 2.39. The summed E-state index contributed by atoms with van der Waals surface area (Å²) in [5.41, 5.74) is 0.993. The Labute approximate surface area is 128 Å². The molecule has 0 amide bonds. The Balaban J connectivity index is 2.84. The standard InChI is InChI=1S/C15H27N3O2S/c1-5-10-16-11-13-8-9-15(17-12-13)21(19,20)18(4)14(6-2)7-3/h8-9,12,14,16H,5-7,10-11H2,1-4H3. The maximum absolute atomic E-state index is 12.5. The lowest BCUT2D eigenvalue weighted by atomic mass is 10.2. The maximum Gasteiger partial charge on any atom is 0.260 e. The first-order chi connectivity index (χ1) is 9.97. The molecule has 6 heteroatoms. The van der Waals surface area contributed by atoms with Crippen molar-refractivity contribution in [1.82, 2.24) is 14.6 Å². The number of nitrogens with zero attached hydrogens (tertiary/aromatic N) is 2. The molecule has 0 aliphatic carbocycles. The molecule has 1 aromatic rings. The van der Waals surface area contributed by atoms with Crippen LogP contribution in [0.5, 0.6) is 0 Å². The Morgan fingerprint density at radius 2 is 1.90 bits per heavy atom. The number of aromatic nitrogens is 1. The van der Waals surface area contributed by atoms with Crippen LogP contribution in [0.15, 0.2) is 23.4 Å². The van der Waals surface area contributed by atoms with Gasteiger partial charge in [0.25, 0.3) is 10.0 Å². The highest BCUT2D eigenvalue weighted by Crippen LogP contribution is 2.18. The van der Waals surface area contributed by atoms with Crippen molar-refractivity contribution < 1.29 is 8.42 Å². The molecule has 0 aromatic carbocycles. The molecule has 0 spiro atoms. The van der Waals surface area contributed by atoms with Crippen LogP contribution >= 0.6 is 0 Å². The lowest BCUT2D eigenvalue weighted by Crippen LogP contribution is -2.36. The molecule has 120 valence electrons. The third kappa shape index (κ3) is 4.76. The summed E-state index contributed by atoms with van der Waals surface area (Å²) in [6.45, 7) is 7.75. The van der Waals surface area contributed by atoms with Crippen molar-refractivity contribution in [2.24, 2.45) is 0 Å². The van der Waals surface area contributed by atoms with Crippen molar-refractivity contribution in [3.8, 4) is 0 Å². The topological polar surface area (TPSA) is 62.3 Å². The number of nitrogens with one attached hydrogen (secondary N) is 1. The summed E-state index contributed by atoms with van der Waals surface area (Å²) < 4.78 is 26.5. The summed E-state index contributed by atoms with van der Waals surface area (Å²) in [5, 5.41) is 3.39. The molecule has 0 bridgehead atoms. The predicted molar refractivity (Wildman–Crippen MR) is 85.6 cm³/mol. The molecule has 0 radical (unpaired) electrons. The molecule has 0 aliphatic heterocycles. The normalized spacial score (nSPS) is 12.3. The second-order valence-electron chi connectivity index (χ2n) is 5.17. The van der Waals surface area contributed by atoms with Gasteiger partial charge in [-0.2, -0.15) is 4.31 Å². The monoisotopic (exact) mass is 313 g/mol. The molecule has 0 fully saturated rings. The molecule has 0 aliphatic rings. The number of pyridine rings is 1. The quantitative estimate of drug-likeness (QED) is 0.711. The van der Waals surface area contributed by atoms with E-state index in [1.807, 2.05) is 19.9 Å². The zero-order valence-corrected chi connectivity index (χ0v) is 14.3. The van der Waals surface area contributed by atoms with Gasteiger partial charge in [-0.25, -0.2) is 13.4 Å². The van der Waals surface area contributed by atoms with E-state index in [1.54, 1.807) is 19.3 Å². The Kier molecular flexibility index (Phi) is 7.28. The van der Waals surface area contributed by atoms with Crippen LogP contribution in [-0.4, -0.2) is 37.3 Å². The van der Waals surface area contributed by atoms with E-state index < -0.39 is 10.0 Å². The highest BCUT2D eigenvalue weighted by molar-refractivity contribution is 7.89. The SMILES string of the molecule is CCCNCc1ccc(S(=O)(=O)N(C)C(CC)CC)nc1. The van der Waals surface area contributed by atoms with E-state index in [1.165, 1.54) is 4.31 Å². The highest BCUT2D eigenvalue weighted by atomic mass is 32.2. The number of hydrogen-bond acceptors (Lipinski definition) is 4. The zero-order chi connectivity index (χ0) is 15.9. The zero-order valence-electron chi connectivity index (χ0n) is 13.5. The minimum absolute atomic E-state index is 0.0164. The van der Waals surface area contributed by atoms with E-state index in [-0.39, 0.29) is 11.1 Å². The van der Waals surface area contributed by atoms with Crippen LogP contribution in [0.3, 0.4) is 0 Å². The van der Waals surface area contributed by atoms with E-state index >= 15 is 0 Å². The van der Waals surface area contributed by atoms with Crippen LogP contribution in [0, 0.1) is 0 Å². The van der Waals surface area contributed by atoms with Crippen molar-refractivity contribution in [1.29, 1.82) is 0 Å². The minimum atomic E-state index is -3.50. The maximum atomic E-state index is 12.5. The fourth-order valence-electron chi connectivity index (χ4n) is 2.22. The van der Waals surface area contributed by atoms with Crippen molar-refractivity contribution in [3.05, 3.63) is 23.9 Å². The fourth-order valence-corrected chi connectivity index (χ4v) is 3.64. The average Bonchev–Trinajstić information content (AvgIpc) is 2.49. The lowest BCUT2D eigenvalue weighted by Gasteiger charge is -2.25. The largest absolute Gasteiger partial charge is 0.313 e. The van der Waals surface area contributed by atoms with Crippen molar-refractivity contribution in [2.45, 2.75) is 57.6 Å². The summed E-state index contributed by atoms with van der Waals surface area (Å²) in [5.74, 6) is 0. The summed E-state index contributed by atoms with van der Waals surface area (Å²) >= 11 is 0. The molecule has 1 N–H and O–H groups in total. The van der Waals surface area contributed by atoms with Crippen molar-refractivity contribution >= 4 is 10.0 Å². The smallest absolute Gasteiger partial charge is 0.260 e. The van der Waals surface area contributed by atoms with Crippen LogP contribution in [0.2, 0.25) is 0 Å². The van der Waals surface area contributed by atoms with Gasteiger partial charge in [0.1, 0.15) is 0 Å². The lowest BCUT2D eigenvalue weighted by molar-refractivity contribution is 0.348. The van der Waals surface area contributed by atoms with Gasteiger partial charge in [0.05, 0.1) is 0 Å². The van der Waals surface area contributed by atoms with E-state index in [0.717, 1.165) is 31.4 Å². The van der Waals surface area contributed by atoms with Gasteiger partial charge in [0.15, 0.2) is 5.03 Å². The summed E-state index contributed by atoms with van der Waals surface area (Å²) in [7, 11) is -1.87. The van der Waals surface area contributed by atoms with E-state index in [0.29, 0.717) is 6.54 Å². The molecule has 0 unspecified atom stereocenters. The number of hydrogen-bond donors (Lipinski definition) is 1. The van der Waals surface area contributed by atoms with Gasteiger partial charge in [-0.05, 0) is 37.4 Å². The molecule has 5 nitrogen and oxygen atoms in total. The molecule has 1 aromatic heterocycles. The van der Waals surface area contributed by atoms with Crippen molar-refractivity contribution in [2.75, 3.05) is 13.6 Å². The summed E-state index contributed by atoms with van der Waals surface area (Å²) in [6, 6.07) is 3.43. The Morgan fingerprint density at radius 1 is 1.24 bits per heavy atom. The third-order valence-corrected chi connectivity index (χ3v) is 5.48. The van der Waals surface area contributed by atoms with Gasteiger partial charge < -0.3 is 5.32 Å². The molecule has 1 heterocycles. The molecule has 0 atom stereocenters. The second kappa shape index (κ2) is 8.46. The molecule has 0 saturated heterocycles. The molecular weight excluding hydrogens is 286 g/mol. The fraction of sp³-hybridized carbons (Fsp3) is 0.667. The van der Waals surface area contributed by atoms with Crippen LogP contribution in [-0.2, 0) is 16.6 Å². The Bertz CT molecular complexity index is 510. The summed E-state index contributed by atoms with van der Waals surface area (Å²) in [4.78, 5) is 4.13. The van der Waals surface area contributed by atoms with Gasteiger partial charge in [-0.1, -0.05) is 26.8 Å². The van der Waals surface area contributed by atoms with E-state index in [2.05, 4.69) is 17.2 Å². The van der Waals surface area contributed by atoms with Gasteiger partial charge >= 0.3 is 0 Å². The second-order valence-corrected chi connectivity index (χ2v) is 7.12. The number of rotatable bonds is 9. The van der Waals surface area contributed by atoms with Gasteiger partial charge in [0.2, 0.25) is 0 Å². The van der Waals surface area contributed by atoms with Gasteiger partial charge in [0, 0.05) is 25.8 Å². The third-order valence-electron chi connectivity index (χ3n) is 3.65. The molecule has 21 heavy (non-hydrogen) atoms. The molecule has 0 saturated carbocycles. The minimum Gasteiger partial charge on any atom is -0.313 e. The molecule has 1 rings (SSSR count). The highest BCUT2D eigenvalue weighted by Gasteiger charge is 2.26. The summed E-state index contributed by atoms with van der Waals surface area (Å²) in [6.07, 6.45) is 4.30. The van der Waals surface area contributed by atoms with Crippen LogP contribution in [0.4, 0.5) is 0 Å². The van der Waals surface area contributed by atoms with Gasteiger partial charge in [-0.15, -0.1) is 0 Å². The number of sulfonamides is 1. The van der Waals surface area contributed by atoms with Gasteiger partial charge in [-0.3, -0.25) is 0 Å². The van der Waals surface area contributed by atoms with Crippen LogP contribution in [0.25, 0.3) is 0 Å². The Morgan fingerprint density at radius 3 is 2.38 bits per heavy atom. The van der Waals surface area contributed by atoms with Crippen LogP contribution in [0.1, 0.15) is 45.6 Å². The van der Waals surface area contributed by atoms with E-state index in [9.17, 15) is 8.42 Å². The Hall–Kier alpha value is -0.980.